The first-order chi connectivity index (χ1) is 8.56. The van der Waals surface area contributed by atoms with Crippen LogP contribution >= 0.6 is 0 Å². The van der Waals surface area contributed by atoms with Gasteiger partial charge in [-0.1, -0.05) is 6.07 Å². The van der Waals surface area contributed by atoms with Gasteiger partial charge in [-0.15, -0.1) is 0 Å². The zero-order valence-electron chi connectivity index (χ0n) is 9.92. The number of aryl methyl sites for hydroxylation is 1. The summed E-state index contributed by atoms with van der Waals surface area (Å²) in [7, 11) is 0. The van der Waals surface area contributed by atoms with Crippen LogP contribution in [0.4, 0.5) is 5.69 Å². The Labute approximate surface area is 104 Å². The Kier molecular flexibility index (Phi) is 3.59. The smallest absolute Gasteiger partial charge is 0.336 e. The third-order valence-electron chi connectivity index (χ3n) is 2.70. The molecule has 1 heterocycles. The lowest BCUT2D eigenvalue weighted by molar-refractivity contribution is 0.0696. The number of carboxylic acids is 1. The first-order valence-electron chi connectivity index (χ1n) is 5.61. The van der Waals surface area contributed by atoms with Crippen molar-refractivity contribution in [2.75, 3.05) is 11.9 Å². The van der Waals surface area contributed by atoms with E-state index in [2.05, 4.69) is 15.6 Å². The van der Waals surface area contributed by atoms with Gasteiger partial charge in [0.1, 0.15) is 6.10 Å². The third kappa shape index (κ3) is 2.85. The van der Waals surface area contributed by atoms with Crippen LogP contribution in [0, 0.1) is 6.92 Å². The van der Waals surface area contributed by atoms with Gasteiger partial charge in [0, 0.05) is 18.4 Å². The van der Waals surface area contributed by atoms with E-state index in [4.69, 9.17) is 5.11 Å². The van der Waals surface area contributed by atoms with Crippen LogP contribution < -0.4 is 10.6 Å². The summed E-state index contributed by atoms with van der Waals surface area (Å²) in [5.74, 6) is -0.952. The number of anilines is 1. The molecule has 0 amide bonds. The van der Waals surface area contributed by atoms with Crippen LogP contribution in [0.2, 0.25) is 0 Å². The lowest BCUT2D eigenvalue weighted by Crippen LogP contribution is -2.44. The molecule has 0 bridgehead atoms. The molecule has 2 unspecified atom stereocenters. The summed E-state index contributed by atoms with van der Waals surface area (Å²) in [6, 6.07) is 5.11. The highest BCUT2D eigenvalue weighted by molar-refractivity contribution is 5.90. The highest BCUT2D eigenvalue weighted by atomic mass is 16.4. The molecule has 1 aliphatic rings. The van der Waals surface area contributed by atoms with E-state index < -0.39 is 12.1 Å². The van der Waals surface area contributed by atoms with E-state index in [9.17, 15) is 9.90 Å². The molecule has 6 nitrogen and oxygen atoms in total. The Morgan fingerprint density at radius 1 is 1.56 bits per heavy atom. The molecule has 0 spiro atoms. The van der Waals surface area contributed by atoms with E-state index in [0.29, 0.717) is 17.8 Å². The number of aliphatic imine (C=N–C) groups is 1. The lowest BCUT2D eigenvalue weighted by Gasteiger charge is -2.22. The molecule has 0 fully saturated rings. The van der Waals surface area contributed by atoms with E-state index in [1.54, 1.807) is 25.1 Å². The number of aromatic carboxylic acids is 1. The van der Waals surface area contributed by atoms with Gasteiger partial charge >= 0.3 is 5.97 Å². The number of rotatable bonds is 3. The van der Waals surface area contributed by atoms with E-state index in [1.807, 2.05) is 0 Å². The maximum absolute atomic E-state index is 11.0. The largest absolute Gasteiger partial charge is 0.478 e. The summed E-state index contributed by atoms with van der Waals surface area (Å²) in [4.78, 5) is 15.1. The summed E-state index contributed by atoms with van der Waals surface area (Å²) in [6.07, 6.45) is 0.536. The van der Waals surface area contributed by atoms with Gasteiger partial charge in [-0.2, -0.15) is 0 Å². The summed E-state index contributed by atoms with van der Waals surface area (Å²) >= 11 is 0. The SMILES string of the molecule is Cc1ccc(NC2N=CC(O)CN2)cc1C(=O)O. The molecule has 2 atom stereocenters. The van der Waals surface area contributed by atoms with E-state index >= 15 is 0 Å². The maximum atomic E-state index is 11.0. The van der Waals surface area contributed by atoms with Crippen LogP contribution in [-0.4, -0.2) is 41.3 Å². The minimum absolute atomic E-state index is 0.264. The molecule has 0 radical (unpaired) electrons. The van der Waals surface area contributed by atoms with Gasteiger partial charge < -0.3 is 15.5 Å². The van der Waals surface area contributed by atoms with Gasteiger partial charge in [0.2, 0.25) is 0 Å². The van der Waals surface area contributed by atoms with Crippen LogP contribution in [0.25, 0.3) is 0 Å². The number of nitrogens with one attached hydrogen (secondary N) is 2. The fourth-order valence-corrected chi connectivity index (χ4v) is 1.71. The Hall–Kier alpha value is -1.92. The fraction of sp³-hybridized carbons (Fsp3) is 0.333. The van der Waals surface area contributed by atoms with Crippen molar-refractivity contribution < 1.29 is 15.0 Å². The molecule has 1 aromatic rings. The number of carboxylic acid groups (broad SMARTS) is 1. The lowest BCUT2D eigenvalue weighted by atomic mass is 10.1. The normalized spacial score (nSPS) is 22.8. The number of benzene rings is 1. The highest BCUT2D eigenvalue weighted by Gasteiger charge is 2.14. The molecular weight excluding hydrogens is 234 g/mol. The molecule has 0 aliphatic carbocycles. The van der Waals surface area contributed by atoms with Crippen molar-refractivity contribution >= 4 is 17.9 Å². The van der Waals surface area contributed by atoms with Gasteiger partial charge in [0.15, 0.2) is 6.29 Å². The van der Waals surface area contributed by atoms with Crippen molar-refractivity contribution in [1.29, 1.82) is 0 Å². The average molecular weight is 249 g/mol. The number of aliphatic hydroxyl groups excluding tert-OH is 1. The van der Waals surface area contributed by atoms with Gasteiger partial charge in [-0.3, -0.25) is 10.3 Å². The third-order valence-corrected chi connectivity index (χ3v) is 2.70. The Morgan fingerprint density at radius 3 is 2.94 bits per heavy atom. The molecule has 0 saturated heterocycles. The van der Waals surface area contributed by atoms with Crippen molar-refractivity contribution in [3.63, 3.8) is 0 Å². The second-order valence-electron chi connectivity index (χ2n) is 4.16. The Balaban J connectivity index is 2.12. The van der Waals surface area contributed by atoms with Gasteiger partial charge in [0.25, 0.3) is 0 Å². The van der Waals surface area contributed by atoms with Gasteiger partial charge in [0.05, 0.1) is 5.56 Å². The Bertz CT molecular complexity index is 487. The average Bonchev–Trinajstić information content (AvgIpc) is 2.34. The van der Waals surface area contributed by atoms with Crippen molar-refractivity contribution in [3.05, 3.63) is 29.3 Å². The second kappa shape index (κ2) is 5.16. The first-order valence-corrected chi connectivity index (χ1v) is 5.61. The molecule has 4 N–H and O–H groups in total. The maximum Gasteiger partial charge on any atom is 0.336 e. The van der Waals surface area contributed by atoms with Crippen molar-refractivity contribution in [2.24, 2.45) is 4.99 Å². The first kappa shape index (κ1) is 12.5. The molecule has 1 aromatic carbocycles. The number of hydrogen-bond donors (Lipinski definition) is 4. The summed E-state index contributed by atoms with van der Waals surface area (Å²) in [5.41, 5.74) is 1.65. The minimum atomic E-state index is -0.952. The molecular formula is C12H15N3O3. The zero-order chi connectivity index (χ0) is 13.1. The molecule has 0 aromatic heterocycles. The predicted molar refractivity (Wildman–Crippen MR) is 68.1 cm³/mol. The van der Waals surface area contributed by atoms with Crippen LogP contribution in [-0.2, 0) is 0 Å². The number of β-amino-alcohol motifs (C(OH)–C–C–N with tert-alkyl or cyclic N) is 1. The predicted octanol–water partition coefficient (Wildman–Crippen LogP) is 0.424. The number of hydrogen-bond acceptors (Lipinski definition) is 5. The monoisotopic (exact) mass is 249 g/mol. The highest BCUT2D eigenvalue weighted by Crippen LogP contribution is 2.16. The number of aliphatic hydroxyl groups is 1. The molecule has 2 rings (SSSR count). The van der Waals surface area contributed by atoms with Gasteiger partial charge in [-0.05, 0) is 24.6 Å². The molecule has 1 aliphatic heterocycles. The van der Waals surface area contributed by atoms with Gasteiger partial charge in [-0.25, -0.2) is 4.79 Å². The quantitative estimate of drug-likeness (QED) is 0.623. The second-order valence-corrected chi connectivity index (χ2v) is 4.16. The molecule has 18 heavy (non-hydrogen) atoms. The van der Waals surface area contributed by atoms with Crippen molar-refractivity contribution in [2.45, 2.75) is 19.3 Å². The molecule has 96 valence electrons. The topological polar surface area (TPSA) is 94.0 Å². The van der Waals surface area contributed by atoms with Crippen LogP contribution in [0.5, 0.6) is 0 Å². The number of nitrogens with zero attached hydrogens (tertiary/aromatic N) is 1. The standard InChI is InChI=1S/C12H15N3O3/c1-7-2-3-8(4-10(7)11(17)18)15-12-13-5-9(16)6-14-12/h2-5,9,12,14-16H,6H2,1H3,(H,17,18). The summed E-state index contributed by atoms with van der Waals surface area (Å²) < 4.78 is 0. The molecule has 6 heteroatoms. The van der Waals surface area contributed by atoms with E-state index in [-0.39, 0.29) is 11.9 Å². The number of carbonyl (C=O) groups is 1. The van der Waals surface area contributed by atoms with E-state index in [0.717, 1.165) is 0 Å². The van der Waals surface area contributed by atoms with Crippen molar-refractivity contribution in [3.8, 4) is 0 Å². The summed E-state index contributed by atoms with van der Waals surface area (Å²) in [6.45, 7) is 2.17. The van der Waals surface area contributed by atoms with Crippen LogP contribution in [0.15, 0.2) is 23.2 Å². The Morgan fingerprint density at radius 2 is 2.33 bits per heavy atom. The fourth-order valence-electron chi connectivity index (χ4n) is 1.71. The van der Waals surface area contributed by atoms with E-state index in [1.165, 1.54) is 6.21 Å². The zero-order valence-corrected chi connectivity index (χ0v) is 9.92. The van der Waals surface area contributed by atoms with Crippen molar-refractivity contribution in [1.82, 2.24) is 5.32 Å². The minimum Gasteiger partial charge on any atom is -0.478 e. The van der Waals surface area contributed by atoms with Crippen LogP contribution in [0.1, 0.15) is 15.9 Å². The van der Waals surface area contributed by atoms with Crippen LogP contribution in [0.3, 0.4) is 0 Å². The molecule has 0 saturated carbocycles. The summed E-state index contributed by atoms with van der Waals surface area (Å²) in [5, 5.41) is 24.3.